The highest BCUT2D eigenvalue weighted by Crippen LogP contribution is 2.25. The fourth-order valence-electron chi connectivity index (χ4n) is 2.14. The Balaban J connectivity index is 2.28. The number of hydrogen-bond donors (Lipinski definition) is 0. The smallest absolute Gasteiger partial charge is 0.152 e. The van der Waals surface area contributed by atoms with Gasteiger partial charge in [0.15, 0.2) is 5.82 Å². The van der Waals surface area contributed by atoms with E-state index in [9.17, 15) is 0 Å². The number of halogens is 1. The van der Waals surface area contributed by atoms with E-state index in [1.165, 1.54) is 11.1 Å². The maximum Gasteiger partial charge on any atom is 0.152 e. The van der Waals surface area contributed by atoms with Gasteiger partial charge >= 0.3 is 0 Å². The van der Waals surface area contributed by atoms with Crippen LogP contribution in [0.2, 0.25) is 0 Å². The Morgan fingerprint density at radius 1 is 1.00 bits per heavy atom. The Morgan fingerprint density at radius 3 is 2.47 bits per heavy atom. The molecular weight excluding hydrogens is 302 g/mol. The predicted octanol–water partition coefficient (Wildman–Crippen LogP) is 4.11. The Morgan fingerprint density at radius 2 is 1.74 bits per heavy atom. The SMILES string of the molecule is Cc1cnc(-n2cnc3cc(C)c(C)cc32)c(Br)c1. The topological polar surface area (TPSA) is 30.7 Å². The number of nitrogens with zero attached hydrogens (tertiary/aromatic N) is 3. The summed E-state index contributed by atoms with van der Waals surface area (Å²) in [5, 5.41) is 0. The molecule has 0 aliphatic rings. The number of fused-ring (bicyclic) bond motifs is 1. The quantitative estimate of drug-likeness (QED) is 0.676. The zero-order valence-electron chi connectivity index (χ0n) is 11.1. The van der Waals surface area contributed by atoms with Gasteiger partial charge < -0.3 is 0 Å². The summed E-state index contributed by atoms with van der Waals surface area (Å²) in [6.45, 7) is 6.25. The van der Waals surface area contributed by atoms with Crippen LogP contribution in [0.15, 0.2) is 35.2 Å². The maximum absolute atomic E-state index is 4.50. The Kier molecular flexibility index (Phi) is 2.90. The fraction of sp³-hybridized carbons (Fsp3) is 0.200. The average Bonchev–Trinajstić information content (AvgIpc) is 2.73. The summed E-state index contributed by atoms with van der Waals surface area (Å²) in [6.07, 6.45) is 3.69. The lowest BCUT2D eigenvalue weighted by Crippen LogP contribution is -1.98. The molecule has 0 saturated heterocycles. The van der Waals surface area contributed by atoms with Gasteiger partial charge in [0.25, 0.3) is 0 Å². The van der Waals surface area contributed by atoms with E-state index < -0.39 is 0 Å². The van der Waals surface area contributed by atoms with E-state index in [2.05, 4.69) is 57.9 Å². The van der Waals surface area contributed by atoms with E-state index in [0.29, 0.717) is 0 Å². The molecule has 3 nitrogen and oxygen atoms in total. The molecule has 96 valence electrons. The summed E-state index contributed by atoms with van der Waals surface area (Å²) in [4.78, 5) is 8.96. The second-order valence-electron chi connectivity index (χ2n) is 4.86. The molecule has 19 heavy (non-hydrogen) atoms. The van der Waals surface area contributed by atoms with Crippen LogP contribution < -0.4 is 0 Å². The van der Waals surface area contributed by atoms with Gasteiger partial charge in [-0.1, -0.05) is 0 Å². The normalized spacial score (nSPS) is 11.2. The lowest BCUT2D eigenvalue weighted by molar-refractivity contribution is 1.00. The second kappa shape index (κ2) is 4.46. The highest BCUT2D eigenvalue weighted by Gasteiger charge is 2.10. The van der Waals surface area contributed by atoms with Crippen LogP contribution in [-0.4, -0.2) is 14.5 Å². The van der Waals surface area contributed by atoms with Crippen LogP contribution in [0.5, 0.6) is 0 Å². The molecule has 0 aliphatic carbocycles. The number of pyridine rings is 1. The van der Waals surface area contributed by atoms with Crippen molar-refractivity contribution >= 4 is 27.0 Å². The minimum atomic E-state index is 0.872. The largest absolute Gasteiger partial charge is 0.282 e. The second-order valence-corrected chi connectivity index (χ2v) is 5.71. The number of benzene rings is 1. The van der Waals surface area contributed by atoms with Crippen LogP contribution in [0.4, 0.5) is 0 Å². The van der Waals surface area contributed by atoms with Crippen LogP contribution >= 0.6 is 15.9 Å². The van der Waals surface area contributed by atoms with Gasteiger partial charge in [0.2, 0.25) is 0 Å². The molecule has 0 atom stereocenters. The molecular formula is C15H14BrN3. The van der Waals surface area contributed by atoms with Crippen molar-refractivity contribution in [3.8, 4) is 5.82 Å². The molecule has 0 amide bonds. The number of rotatable bonds is 1. The first kappa shape index (κ1) is 12.4. The van der Waals surface area contributed by atoms with Crippen molar-refractivity contribution in [2.45, 2.75) is 20.8 Å². The number of hydrogen-bond acceptors (Lipinski definition) is 2. The van der Waals surface area contributed by atoms with Gasteiger partial charge in [0.05, 0.1) is 15.5 Å². The Labute approximate surface area is 120 Å². The summed E-state index contributed by atoms with van der Waals surface area (Å²) in [5.41, 5.74) is 5.73. The molecule has 0 N–H and O–H groups in total. The zero-order chi connectivity index (χ0) is 13.6. The molecule has 0 aliphatic heterocycles. The minimum absolute atomic E-state index is 0.872. The van der Waals surface area contributed by atoms with Crippen molar-refractivity contribution in [3.05, 3.63) is 51.9 Å². The zero-order valence-corrected chi connectivity index (χ0v) is 12.7. The van der Waals surface area contributed by atoms with E-state index in [4.69, 9.17) is 0 Å². The highest BCUT2D eigenvalue weighted by molar-refractivity contribution is 9.10. The van der Waals surface area contributed by atoms with Crippen molar-refractivity contribution in [1.29, 1.82) is 0 Å². The Hall–Kier alpha value is -1.68. The summed E-state index contributed by atoms with van der Waals surface area (Å²) in [6, 6.07) is 6.34. The lowest BCUT2D eigenvalue weighted by atomic mass is 10.1. The molecule has 3 rings (SSSR count). The van der Waals surface area contributed by atoms with Gasteiger partial charge in [-0.05, 0) is 71.6 Å². The lowest BCUT2D eigenvalue weighted by Gasteiger charge is -2.07. The predicted molar refractivity (Wildman–Crippen MR) is 80.8 cm³/mol. The van der Waals surface area contributed by atoms with Crippen LogP contribution in [0.1, 0.15) is 16.7 Å². The summed E-state index contributed by atoms with van der Waals surface area (Å²) in [5.74, 6) is 0.872. The summed E-state index contributed by atoms with van der Waals surface area (Å²) >= 11 is 3.58. The number of aromatic nitrogens is 3. The molecule has 0 saturated carbocycles. The van der Waals surface area contributed by atoms with E-state index in [1.54, 1.807) is 0 Å². The average molecular weight is 316 g/mol. The van der Waals surface area contributed by atoms with Gasteiger partial charge in [0, 0.05) is 6.20 Å². The molecule has 3 aromatic rings. The third-order valence-corrected chi connectivity index (χ3v) is 3.93. The number of aryl methyl sites for hydroxylation is 3. The first-order chi connectivity index (χ1) is 9.06. The third-order valence-electron chi connectivity index (χ3n) is 3.35. The van der Waals surface area contributed by atoms with Gasteiger partial charge in [-0.25, -0.2) is 9.97 Å². The maximum atomic E-state index is 4.50. The molecule has 2 aromatic heterocycles. The monoisotopic (exact) mass is 315 g/mol. The first-order valence-corrected chi connectivity index (χ1v) is 6.92. The number of imidazole rings is 1. The first-order valence-electron chi connectivity index (χ1n) is 6.13. The van der Waals surface area contributed by atoms with Crippen LogP contribution in [0.3, 0.4) is 0 Å². The van der Waals surface area contributed by atoms with E-state index in [0.717, 1.165) is 26.9 Å². The van der Waals surface area contributed by atoms with Gasteiger partial charge in [0.1, 0.15) is 6.33 Å². The van der Waals surface area contributed by atoms with Crippen LogP contribution in [-0.2, 0) is 0 Å². The van der Waals surface area contributed by atoms with E-state index in [-0.39, 0.29) is 0 Å². The standard InChI is InChI=1S/C15H14BrN3/c1-9-4-12(16)15(17-7-9)19-8-18-13-5-10(2)11(3)6-14(13)19/h4-8H,1-3H3. The van der Waals surface area contributed by atoms with Crippen molar-refractivity contribution in [2.24, 2.45) is 0 Å². The van der Waals surface area contributed by atoms with Crippen LogP contribution in [0, 0.1) is 20.8 Å². The molecule has 0 radical (unpaired) electrons. The van der Waals surface area contributed by atoms with Gasteiger partial charge in [-0.3, -0.25) is 4.57 Å². The van der Waals surface area contributed by atoms with E-state index in [1.807, 2.05) is 24.0 Å². The molecule has 0 fully saturated rings. The molecule has 1 aromatic carbocycles. The van der Waals surface area contributed by atoms with Crippen LogP contribution in [0.25, 0.3) is 16.9 Å². The Bertz CT molecular complexity index is 774. The molecule has 2 heterocycles. The molecule has 0 bridgehead atoms. The molecule has 0 unspecified atom stereocenters. The highest BCUT2D eigenvalue weighted by atomic mass is 79.9. The molecule has 0 spiro atoms. The fourth-order valence-corrected chi connectivity index (χ4v) is 2.79. The van der Waals surface area contributed by atoms with E-state index >= 15 is 0 Å². The van der Waals surface area contributed by atoms with Gasteiger partial charge in [-0.2, -0.15) is 0 Å². The van der Waals surface area contributed by atoms with Crippen molar-refractivity contribution in [2.75, 3.05) is 0 Å². The van der Waals surface area contributed by atoms with Crippen molar-refractivity contribution in [1.82, 2.24) is 14.5 Å². The minimum Gasteiger partial charge on any atom is -0.282 e. The summed E-state index contributed by atoms with van der Waals surface area (Å²) < 4.78 is 3.00. The third kappa shape index (κ3) is 2.06. The summed E-state index contributed by atoms with van der Waals surface area (Å²) in [7, 11) is 0. The van der Waals surface area contributed by atoms with Gasteiger partial charge in [-0.15, -0.1) is 0 Å². The van der Waals surface area contributed by atoms with Crippen molar-refractivity contribution in [3.63, 3.8) is 0 Å². The molecule has 4 heteroatoms. The van der Waals surface area contributed by atoms with Crippen molar-refractivity contribution < 1.29 is 0 Å².